The number of carbonyl (C=O) groups is 1. The number of rotatable bonds is 2. The molecule has 4 nitrogen and oxygen atoms in total. The van der Waals surface area contributed by atoms with E-state index >= 15 is 0 Å². The summed E-state index contributed by atoms with van der Waals surface area (Å²) in [6.45, 7) is 0. The first kappa shape index (κ1) is 14.9. The zero-order valence-corrected chi connectivity index (χ0v) is 14.0. The number of fused-ring (bicyclic) bond motifs is 2. The highest BCUT2D eigenvalue weighted by atomic mass is 79.9. The van der Waals surface area contributed by atoms with Crippen LogP contribution in [-0.4, -0.2) is 37.1 Å². The number of nitrogens with two attached hydrogens (primary N) is 1. The van der Waals surface area contributed by atoms with Gasteiger partial charge in [-0.2, -0.15) is 0 Å². The molecule has 114 valence electrons. The summed E-state index contributed by atoms with van der Waals surface area (Å²) in [5, 5.41) is 0. The van der Waals surface area contributed by atoms with Crippen molar-refractivity contribution >= 4 is 27.6 Å². The summed E-state index contributed by atoms with van der Waals surface area (Å²) in [7, 11) is 3.62. The van der Waals surface area contributed by atoms with Gasteiger partial charge in [-0.3, -0.25) is 9.69 Å². The summed E-state index contributed by atoms with van der Waals surface area (Å²) >= 11 is 3.49. The fraction of sp³-hybridized carbons (Fsp3) is 0.562. The molecule has 4 atom stereocenters. The lowest BCUT2D eigenvalue weighted by molar-refractivity contribution is -0.150. The number of hydrogen-bond acceptors (Lipinski definition) is 4. The predicted octanol–water partition coefficient (Wildman–Crippen LogP) is 2.77. The largest absolute Gasteiger partial charge is 0.469 e. The van der Waals surface area contributed by atoms with Gasteiger partial charge in [0, 0.05) is 28.2 Å². The quantitative estimate of drug-likeness (QED) is 0.656. The van der Waals surface area contributed by atoms with Crippen molar-refractivity contribution in [2.24, 2.45) is 5.92 Å². The van der Waals surface area contributed by atoms with Crippen molar-refractivity contribution in [2.45, 2.75) is 37.3 Å². The normalized spacial score (nSPS) is 32.1. The van der Waals surface area contributed by atoms with Gasteiger partial charge in [-0.1, -0.05) is 6.07 Å². The Kier molecular flexibility index (Phi) is 3.97. The molecule has 2 aliphatic rings. The Bertz CT molecular complexity index is 563. The molecule has 21 heavy (non-hydrogen) atoms. The van der Waals surface area contributed by atoms with E-state index in [1.807, 2.05) is 12.1 Å². The van der Waals surface area contributed by atoms with E-state index in [1.54, 1.807) is 0 Å². The van der Waals surface area contributed by atoms with Crippen molar-refractivity contribution in [3.8, 4) is 0 Å². The summed E-state index contributed by atoms with van der Waals surface area (Å²) in [6, 6.07) is 6.87. The van der Waals surface area contributed by atoms with Gasteiger partial charge in [0.2, 0.25) is 0 Å². The van der Waals surface area contributed by atoms with Gasteiger partial charge in [0.05, 0.1) is 13.0 Å². The molecule has 1 aromatic rings. The van der Waals surface area contributed by atoms with Crippen LogP contribution >= 0.6 is 15.9 Å². The minimum atomic E-state index is -0.0925. The molecule has 2 fully saturated rings. The van der Waals surface area contributed by atoms with Gasteiger partial charge in [0.1, 0.15) is 0 Å². The number of halogens is 1. The van der Waals surface area contributed by atoms with Gasteiger partial charge < -0.3 is 10.5 Å². The van der Waals surface area contributed by atoms with Gasteiger partial charge in [0.25, 0.3) is 0 Å². The van der Waals surface area contributed by atoms with Gasteiger partial charge in [-0.25, -0.2) is 0 Å². The highest BCUT2D eigenvalue weighted by molar-refractivity contribution is 9.10. The lowest BCUT2D eigenvalue weighted by Gasteiger charge is -2.41. The van der Waals surface area contributed by atoms with Crippen LogP contribution in [0.2, 0.25) is 0 Å². The molecule has 2 heterocycles. The van der Waals surface area contributed by atoms with Crippen molar-refractivity contribution in [2.75, 3.05) is 19.9 Å². The second kappa shape index (κ2) is 5.61. The Balaban J connectivity index is 1.98. The molecule has 5 heteroatoms. The first-order valence-electron chi connectivity index (χ1n) is 7.37. The summed E-state index contributed by atoms with van der Waals surface area (Å²) in [5.41, 5.74) is 7.78. The molecule has 0 amide bonds. The minimum absolute atomic E-state index is 0.0886. The molecule has 0 aliphatic carbocycles. The average Bonchev–Trinajstić information content (AvgIpc) is 2.72. The number of methoxy groups -OCH3 is 1. The maximum atomic E-state index is 12.4. The molecule has 0 aromatic heterocycles. The van der Waals surface area contributed by atoms with Gasteiger partial charge >= 0.3 is 5.97 Å². The fourth-order valence-electron chi connectivity index (χ4n) is 4.04. The SMILES string of the molecule is COC(=O)C1C2CC[C@H](C[C@@H]1c1ccc(N)c(Br)c1)N2C. The van der Waals surface area contributed by atoms with E-state index in [-0.39, 0.29) is 23.8 Å². The van der Waals surface area contributed by atoms with Crippen LogP contribution in [0.25, 0.3) is 0 Å². The molecule has 2 N–H and O–H groups in total. The topological polar surface area (TPSA) is 55.6 Å². The summed E-state index contributed by atoms with van der Waals surface area (Å²) in [5.74, 6) is 0.0301. The first-order valence-corrected chi connectivity index (χ1v) is 8.17. The number of piperidine rings is 1. The van der Waals surface area contributed by atoms with Gasteiger partial charge in [0.15, 0.2) is 0 Å². The molecule has 0 spiro atoms. The Morgan fingerprint density at radius 3 is 2.86 bits per heavy atom. The van der Waals surface area contributed by atoms with Crippen LogP contribution in [0.15, 0.2) is 22.7 Å². The van der Waals surface area contributed by atoms with E-state index in [1.165, 1.54) is 19.1 Å². The summed E-state index contributed by atoms with van der Waals surface area (Å²) < 4.78 is 5.99. The molecule has 2 aliphatic heterocycles. The van der Waals surface area contributed by atoms with Crippen LogP contribution in [0.5, 0.6) is 0 Å². The molecular weight excluding hydrogens is 332 g/mol. The number of nitrogen functional groups attached to an aromatic ring is 1. The summed E-state index contributed by atoms with van der Waals surface area (Å²) in [4.78, 5) is 14.7. The standard InChI is InChI=1S/C16H21BrN2O2/c1-19-10-4-6-14(19)15(16(20)21-2)11(8-10)9-3-5-13(18)12(17)7-9/h3,5,7,10-11,14-15H,4,6,8,18H2,1-2H3/t10-,11-,14?,15?/m1/s1. The van der Waals surface area contributed by atoms with Gasteiger partial charge in [-0.15, -0.1) is 0 Å². The predicted molar refractivity (Wildman–Crippen MR) is 86.0 cm³/mol. The maximum absolute atomic E-state index is 12.4. The van der Waals surface area contributed by atoms with E-state index in [0.717, 1.165) is 23.0 Å². The average molecular weight is 353 g/mol. The van der Waals surface area contributed by atoms with E-state index in [0.29, 0.717) is 6.04 Å². The molecule has 0 radical (unpaired) electrons. The van der Waals surface area contributed by atoms with Crippen molar-refractivity contribution in [3.05, 3.63) is 28.2 Å². The second-order valence-corrected chi connectivity index (χ2v) is 6.99. The lowest BCUT2D eigenvalue weighted by Crippen LogP contribution is -2.49. The first-order chi connectivity index (χ1) is 10.0. The van der Waals surface area contributed by atoms with Crippen LogP contribution in [0.4, 0.5) is 5.69 Å². The zero-order valence-electron chi connectivity index (χ0n) is 12.4. The number of nitrogens with zero attached hydrogens (tertiary/aromatic N) is 1. The highest BCUT2D eigenvalue weighted by Gasteiger charge is 2.49. The number of carbonyl (C=O) groups excluding carboxylic acids is 1. The summed E-state index contributed by atoms with van der Waals surface area (Å²) in [6.07, 6.45) is 3.25. The monoisotopic (exact) mass is 352 g/mol. The molecule has 0 saturated carbocycles. The van der Waals surface area contributed by atoms with E-state index in [4.69, 9.17) is 10.5 Å². The van der Waals surface area contributed by atoms with Crippen LogP contribution in [0.1, 0.15) is 30.7 Å². The molecule has 2 unspecified atom stereocenters. The third-order valence-corrected chi connectivity index (χ3v) is 5.88. The molecule has 2 saturated heterocycles. The molecule has 3 rings (SSSR count). The van der Waals surface area contributed by atoms with Crippen molar-refractivity contribution in [1.29, 1.82) is 0 Å². The highest BCUT2D eigenvalue weighted by Crippen LogP contribution is 2.47. The minimum Gasteiger partial charge on any atom is -0.469 e. The van der Waals surface area contributed by atoms with E-state index < -0.39 is 0 Å². The van der Waals surface area contributed by atoms with Crippen molar-refractivity contribution < 1.29 is 9.53 Å². The third kappa shape index (κ3) is 2.46. The molecular formula is C16H21BrN2O2. The number of benzene rings is 1. The molecule has 2 bridgehead atoms. The number of ether oxygens (including phenoxy) is 1. The smallest absolute Gasteiger partial charge is 0.310 e. The number of hydrogen-bond donors (Lipinski definition) is 1. The van der Waals surface area contributed by atoms with Crippen molar-refractivity contribution in [1.82, 2.24) is 4.90 Å². The van der Waals surface area contributed by atoms with E-state index in [9.17, 15) is 4.79 Å². The number of esters is 1. The lowest BCUT2D eigenvalue weighted by atomic mass is 9.76. The maximum Gasteiger partial charge on any atom is 0.310 e. The molecule has 1 aromatic carbocycles. The Morgan fingerprint density at radius 1 is 1.43 bits per heavy atom. The van der Waals surface area contributed by atoms with Crippen LogP contribution < -0.4 is 5.73 Å². The number of anilines is 1. The Labute approximate surface area is 133 Å². The Hall–Kier alpha value is -1.07. The second-order valence-electron chi connectivity index (χ2n) is 6.14. The third-order valence-electron chi connectivity index (χ3n) is 5.19. The van der Waals surface area contributed by atoms with E-state index in [2.05, 4.69) is 33.9 Å². The fourth-order valence-corrected chi connectivity index (χ4v) is 4.44. The Morgan fingerprint density at radius 2 is 2.19 bits per heavy atom. The van der Waals surface area contributed by atoms with Crippen molar-refractivity contribution in [3.63, 3.8) is 0 Å². The van der Waals surface area contributed by atoms with Gasteiger partial charge in [-0.05, 0) is 59.9 Å². The van der Waals surface area contributed by atoms with Crippen LogP contribution in [0.3, 0.4) is 0 Å². The zero-order chi connectivity index (χ0) is 15.1. The van der Waals surface area contributed by atoms with Crippen LogP contribution in [0, 0.1) is 5.92 Å². The van der Waals surface area contributed by atoms with Crippen LogP contribution in [-0.2, 0) is 9.53 Å².